The Balaban J connectivity index is 2.25. The fourth-order valence-corrected chi connectivity index (χ4v) is 3.30. The van der Waals surface area contributed by atoms with Crippen LogP contribution in [0.1, 0.15) is 57.2 Å². The minimum Gasteiger partial charge on any atom is -0.444 e. The molecule has 1 aliphatic rings. The van der Waals surface area contributed by atoms with Crippen LogP contribution in [0.3, 0.4) is 0 Å². The van der Waals surface area contributed by atoms with Crippen molar-refractivity contribution in [3.63, 3.8) is 0 Å². The van der Waals surface area contributed by atoms with Gasteiger partial charge in [-0.2, -0.15) is 0 Å². The predicted octanol–water partition coefficient (Wildman–Crippen LogP) is 4.77. The minimum atomic E-state index is -1.43. The third kappa shape index (κ3) is 6.21. The van der Waals surface area contributed by atoms with Crippen molar-refractivity contribution < 1.29 is 9.53 Å². The van der Waals surface area contributed by atoms with E-state index in [0.717, 1.165) is 36.9 Å². The SMILES string of the molecule is CC(C)(C)OC(=O)N1CCCCC1c1cncc(C#C[Si](C)(C)C)c1. The summed E-state index contributed by atoms with van der Waals surface area (Å²) in [6, 6.07) is 2.10. The standard InChI is InChI=1S/C20H30N2O2Si/c1-20(2,3)24-19(23)22-11-8-7-9-18(22)17-13-16(14-21-15-17)10-12-25(4,5)6/h13-15,18H,7-9,11H2,1-6H3. The van der Waals surface area contributed by atoms with Crippen molar-refractivity contribution >= 4 is 14.2 Å². The third-order valence-electron chi connectivity index (χ3n) is 3.86. The van der Waals surface area contributed by atoms with Crippen LogP contribution in [0.4, 0.5) is 4.79 Å². The lowest BCUT2D eigenvalue weighted by Crippen LogP contribution is -2.41. The van der Waals surface area contributed by atoms with Crippen LogP contribution >= 0.6 is 0 Å². The maximum Gasteiger partial charge on any atom is 0.410 e. The lowest BCUT2D eigenvalue weighted by Gasteiger charge is -2.36. The summed E-state index contributed by atoms with van der Waals surface area (Å²) in [5.74, 6) is 3.26. The van der Waals surface area contributed by atoms with Crippen LogP contribution in [0.25, 0.3) is 0 Å². The molecule has 2 rings (SSSR count). The van der Waals surface area contributed by atoms with Gasteiger partial charge in [-0.25, -0.2) is 4.79 Å². The zero-order chi connectivity index (χ0) is 18.7. The Labute approximate surface area is 153 Å². The summed E-state index contributed by atoms with van der Waals surface area (Å²) < 4.78 is 5.60. The number of rotatable bonds is 1. The van der Waals surface area contributed by atoms with Gasteiger partial charge in [-0.15, -0.1) is 5.54 Å². The molecule has 1 unspecified atom stereocenters. The summed E-state index contributed by atoms with van der Waals surface area (Å²) in [6.07, 6.45) is 6.47. The predicted molar refractivity (Wildman–Crippen MR) is 104 cm³/mol. The number of amides is 1. The van der Waals surface area contributed by atoms with Crippen molar-refractivity contribution in [3.8, 4) is 11.5 Å². The molecule has 25 heavy (non-hydrogen) atoms. The molecule has 5 heteroatoms. The van der Waals surface area contributed by atoms with Crippen molar-refractivity contribution in [1.82, 2.24) is 9.88 Å². The maximum atomic E-state index is 12.6. The van der Waals surface area contributed by atoms with Crippen LogP contribution in [0.15, 0.2) is 18.5 Å². The Morgan fingerprint density at radius 3 is 2.64 bits per heavy atom. The van der Waals surface area contributed by atoms with Gasteiger partial charge in [0.2, 0.25) is 0 Å². The van der Waals surface area contributed by atoms with Crippen molar-refractivity contribution in [2.75, 3.05) is 6.54 Å². The monoisotopic (exact) mass is 358 g/mol. The normalized spacial score (nSPS) is 18.3. The lowest BCUT2D eigenvalue weighted by molar-refractivity contribution is 0.00947. The molecule has 0 spiro atoms. The molecule has 0 radical (unpaired) electrons. The second-order valence-electron chi connectivity index (χ2n) is 8.69. The number of pyridine rings is 1. The molecule has 0 bridgehead atoms. The summed E-state index contributed by atoms with van der Waals surface area (Å²) in [7, 11) is -1.43. The van der Waals surface area contributed by atoms with E-state index in [1.807, 2.05) is 31.9 Å². The highest BCUT2D eigenvalue weighted by Crippen LogP contribution is 2.32. The van der Waals surface area contributed by atoms with Gasteiger partial charge in [-0.3, -0.25) is 4.98 Å². The van der Waals surface area contributed by atoms with E-state index < -0.39 is 13.7 Å². The highest BCUT2D eigenvalue weighted by Gasteiger charge is 2.31. The zero-order valence-electron chi connectivity index (χ0n) is 16.3. The Bertz CT molecular complexity index is 677. The smallest absolute Gasteiger partial charge is 0.410 e. The average molecular weight is 359 g/mol. The van der Waals surface area contributed by atoms with Gasteiger partial charge in [0.05, 0.1) is 6.04 Å². The molecule has 4 nitrogen and oxygen atoms in total. The van der Waals surface area contributed by atoms with E-state index in [0.29, 0.717) is 0 Å². The van der Waals surface area contributed by atoms with E-state index in [1.165, 1.54) is 0 Å². The van der Waals surface area contributed by atoms with Crippen LogP contribution in [0.2, 0.25) is 19.6 Å². The van der Waals surface area contributed by atoms with E-state index >= 15 is 0 Å². The Morgan fingerprint density at radius 2 is 2.00 bits per heavy atom. The van der Waals surface area contributed by atoms with E-state index in [1.54, 1.807) is 6.20 Å². The van der Waals surface area contributed by atoms with Crippen LogP contribution in [0.5, 0.6) is 0 Å². The van der Waals surface area contributed by atoms with Gasteiger partial charge in [0, 0.05) is 24.5 Å². The van der Waals surface area contributed by atoms with Gasteiger partial charge in [0.25, 0.3) is 0 Å². The van der Waals surface area contributed by atoms with Gasteiger partial charge < -0.3 is 9.64 Å². The fraction of sp³-hybridized carbons (Fsp3) is 0.600. The molecule has 0 N–H and O–H groups in total. The lowest BCUT2D eigenvalue weighted by atomic mass is 9.96. The molecule has 0 aromatic carbocycles. The van der Waals surface area contributed by atoms with Crippen LogP contribution in [-0.2, 0) is 4.74 Å². The van der Waals surface area contributed by atoms with Crippen LogP contribution in [0, 0.1) is 11.5 Å². The van der Waals surface area contributed by atoms with Crippen LogP contribution < -0.4 is 0 Å². The van der Waals surface area contributed by atoms with Gasteiger partial charge in [-0.05, 0) is 51.7 Å². The molecular weight excluding hydrogens is 328 g/mol. The summed E-state index contributed by atoms with van der Waals surface area (Å²) in [4.78, 5) is 18.8. The largest absolute Gasteiger partial charge is 0.444 e. The fourth-order valence-electron chi connectivity index (χ4n) is 2.79. The summed E-state index contributed by atoms with van der Waals surface area (Å²) in [5.41, 5.74) is 4.87. The quantitative estimate of drug-likeness (QED) is 0.536. The number of likely N-dealkylation sites (tertiary alicyclic amines) is 1. The molecule has 1 atom stereocenters. The number of ether oxygens (including phenoxy) is 1. The molecule has 136 valence electrons. The Hall–Kier alpha value is -1.80. The van der Waals surface area contributed by atoms with Crippen molar-refractivity contribution in [3.05, 3.63) is 29.6 Å². The maximum absolute atomic E-state index is 12.6. The number of piperidine rings is 1. The summed E-state index contributed by atoms with van der Waals surface area (Å²) >= 11 is 0. The zero-order valence-corrected chi connectivity index (χ0v) is 17.3. The van der Waals surface area contributed by atoms with E-state index in [4.69, 9.17) is 4.74 Å². The third-order valence-corrected chi connectivity index (χ3v) is 4.73. The first kappa shape index (κ1) is 19.5. The Kier molecular flexibility index (Phi) is 5.94. The topological polar surface area (TPSA) is 42.4 Å². The van der Waals surface area contributed by atoms with Crippen molar-refractivity contribution in [2.24, 2.45) is 0 Å². The van der Waals surface area contributed by atoms with Gasteiger partial charge in [-0.1, -0.05) is 25.6 Å². The number of hydrogen-bond donors (Lipinski definition) is 0. The average Bonchev–Trinajstić information content (AvgIpc) is 2.51. The Morgan fingerprint density at radius 1 is 1.28 bits per heavy atom. The first-order valence-corrected chi connectivity index (χ1v) is 12.5. The molecule has 1 aromatic heterocycles. The van der Waals surface area contributed by atoms with Gasteiger partial charge >= 0.3 is 6.09 Å². The molecule has 1 fully saturated rings. The number of carbonyl (C=O) groups is 1. The molecule has 1 aliphatic heterocycles. The van der Waals surface area contributed by atoms with Gasteiger partial charge in [0.15, 0.2) is 0 Å². The first-order chi connectivity index (χ1) is 11.6. The number of carbonyl (C=O) groups excluding carboxylic acids is 1. The summed E-state index contributed by atoms with van der Waals surface area (Å²) in [5, 5.41) is 0. The molecule has 2 heterocycles. The van der Waals surface area contributed by atoms with E-state index in [2.05, 4.69) is 42.2 Å². The highest BCUT2D eigenvalue weighted by molar-refractivity contribution is 6.83. The minimum absolute atomic E-state index is 0.0183. The molecule has 0 aliphatic carbocycles. The summed E-state index contributed by atoms with van der Waals surface area (Å²) in [6.45, 7) is 13.1. The second kappa shape index (κ2) is 7.61. The van der Waals surface area contributed by atoms with Crippen molar-refractivity contribution in [1.29, 1.82) is 0 Å². The molecular formula is C20H30N2O2Si. The number of aromatic nitrogens is 1. The van der Waals surface area contributed by atoms with E-state index in [-0.39, 0.29) is 12.1 Å². The molecule has 0 saturated carbocycles. The van der Waals surface area contributed by atoms with Crippen molar-refractivity contribution in [2.45, 2.75) is 71.3 Å². The molecule has 1 aromatic rings. The number of hydrogen-bond acceptors (Lipinski definition) is 3. The highest BCUT2D eigenvalue weighted by atomic mass is 28.3. The first-order valence-electron chi connectivity index (χ1n) is 9.03. The van der Waals surface area contributed by atoms with Crippen LogP contribution in [-0.4, -0.2) is 36.2 Å². The number of nitrogens with zero attached hydrogens (tertiary/aromatic N) is 2. The molecule has 1 amide bonds. The van der Waals surface area contributed by atoms with E-state index in [9.17, 15) is 4.79 Å². The molecule has 1 saturated heterocycles. The van der Waals surface area contributed by atoms with Gasteiger partial charge in [0.1, 0.15) is 13.7 Å². The second-order valence-corrected chi connectivity index (χ2v) is 13.4.